The van der Waals surface area contributed by atoms with Gasteiger partial charge in [0.2, 0.25) is 0 Å². The number of hydrogen-bond donors (Lipinski definition) is 0. The zero-order valence-electron chi connectivity index (χ0n) is 11.2. The molecule has 0 radical (unpaired) electrons. The topological polar surface area (TPSA) is 53.3 Å². The number of esters is 1. The number of carbonyl (C=O) groups excluding carboxylic acids is 1. The normalized spacial score (nSPS) is 12.9. The van der Waals surface area contributed by atoms with E-state index in [2.05, 4.69) is 20.9 Å². The van der Waals surface area contributed by atoms with Crippen LogP contribution >= 0.6 is 27.5 Å². The van der Waals surface area contributed by atoms with Crippen LogP contribution in [-0.4, -0.2) is 29.2 Å². The Morgan fingerprint density at radius 2 is 2.38 bits per heavy atom. The van der Waals surface area contributed by atoms with Crippen LogP contribution in [0.4, 0.5) is 0 Å². The summed E-state index contributed by atoms with van der Waals surface area (Å²) < 4.78 is 13.3. The molecular formula is C14H12BrClN2O3. The third kappa shape index (κ3) is 2.42. The molecule has 1 aromatic carbocycles. The average molecular weight is 372 g/mol. The standard InChI is InChI=1S/C14H12BrClN2O3/c1-20-14(19)12-10(7-16)18-4-5-21-11-3-2-8(15)6-9(11)13(18)17-12/h2-3,6H,4-5,7H2,1H3. The van der Waals surface area contributed by atoms with Crippen molar-refractivity contribution in [3.05, 3.63) is 34.1 Å². The van der Waals surface area contributed by atoms with Crippen molar-refractivity contribution in [2.75, 3.05) is 13.7 Å². The maximum absolute atomic E-state index is 11.9. The van der Waals surface area contributed by atoms with Crippen molar-refractivity contribution in [3.63, 3.8) is 0 Å². The van der Waals surface area contributed by atoms with E-state index < -0.39 is 5.97 Å². The first-order valence-corrected chi connectivity index (χ1v) is 7.65. The van der Waals surface area contributed by atoms with Crippen LogP contribution in [0.3, 0.4) is 0 Å². The van der Waals surface area contributed by atoms with Gasteiger partial charge in [-0.15, -0.1) is 11.6 Å². The maximum Gasteiger partial charge on any atom is 0.358 e. The molecule has 0 atom stereocenters. The number of imidazole rings is 1. The van der Waals surface area contributed by atoms with Gasteiger partial charge in [0, 0.05) is 4.47 Å². The molecule has 0 fully saturated rings. The highest BCUT2D eigenvalue weighted by Gasteiger charge is 2.26. The van der Waals surface area contributed by atoms with Gasteiger partial charge in [-0.1, -0.05) is 15.9 Å². The number of hydrogen-bond acceptors (Lipinski definition) is 4. The summed E-state index contributed by atoms with van der Waals surface area (Å²) in [5, 5.41) is 0. The highest BCUT2D eigenvalue weighted by atomic mass is 79.9. The van der Waals surface area contributed by atoms with E-state index in [0.717, 1.165) is 15.8 Å². The number of benzene rings is 1. The second kappa shape index (κ2) is 5.69. The van der Waals surface area contributed by atoms with Crippen LogP contribution in [0.5, 0.6) is 5.75 Å². The van der Waals surface area contributed by atoms with Gasteiger partial charge in [0.25, 0.3) is 0 Å². The predicted octanol–water partition coefficient (Wildman–Crippen LogP) is 3.23. The number of rotatable bonds is 2. The van der Waals surface area contributed by atoms with Crippen LogP contribution < -0.4 is 4.74 Å². The highest BCUT2D eigenvalue weighted by molar-refractivity contribution is 9.10. The Balaban J connectivity index is 2.25. The smallest absolute Gasteiger partial charge is 0.358 e. The number of nitrogens with zero attached hydrogens (tertiary/aromatic N) is 2. The molecule has 5 nitrogen and oxygen atoms in total. The molecule has 0 spiro atoms. The Kier molecular flexibility index (Phi) is 3.91. The van der Waals surface area contributed by atoms with E-state index in [1.54, 1.807) is 0 Å². The monoisotopic (exact) mass is 370 g/mol. The van der Waals surface area contributed by atoms with E-state index >= 15 is 0 Å². The van der Waals surface area contributed by atoms with Gasteiger partial charge in [0.1, 0.15) is 18.2 Å². The molecule has 110 valence electrons. The summed E-state index contributed by atoms with van der Waals surface area (Å²) >= 11 is 9.45. The summed E-state index contributed by atoms with van der Waals surface area (Å²) in [6.07, 6.45) is 0. The number of aromatic nitrogens is 2. The van der Waals surface area contributed by atoms with Gasteiger partial charge in [-0.3, -0.25) is 0 Å². The minimum Gasteiger partial charge on any atom is -0.491 e. The number of fused-ring (bicyclic) bond motifs is 3. The van der Waals surface area contributed by atoms with Gasteiger partial charge >= 0.3 is 5.97 Å². The van der Waals surface area contributed by atoms with Crippen molar-refractivity contribution >= 4 is 33.5 Å². The minimum atomic E-state index is -0.483. The number of carbonyl (C=O) groups is 1. The van der Waals surface area contributed by atoms with Crippen LogP contribution in [-0.2, 0) is 17.2 Å². The zero-order chi connectivity index (χ0) is 15.0. The second-order valence-electron chi connectivity index (χ2n) is 4.50. The van der Waals surface area contributed by atoms with E-state index in [1.807, 2.05) is 22.8 Å². The van der Waals surface area contributed by atoms with Crippen molar-refractivity contribution in [2.45, 2.75) is 12.4 Å². The van der Waals surface area contributed by atoms with Crippen molar-refractivity contribution in [3.8, 4) is 17.1 Å². The van der Waals surface area contributed by atoms with Gasteiger partial charge < -0.3 is 14.0 Å². The van der Waals surface area contributed by atoms with Gasteiger partial charge in [-0.2, -0.15) is 0 Å². The third-order valence-electron chi connectivity index (χ3n) is 3.33. The molecular weight excluding hydrogens is 360 g/mol. The van der Waals surface area contributed by atoms with E-state index in [4.69, 9.17) is 21.1 Å². The first kappa shape index (κ1) is 14.4. The maximum atomic E-state index is 11.9. The summed E-state index contributed by atoms with van der Waals surface area (Å²) in [6, 6.07) is 5.70. The van der Waals surface area contributed by atoms with Crippen LogP contribution in [0.25, 0.3) is 11.4 Å². The molecule has 0 bridgehead atoms. The lowest BCUT2D eigenvalue weighted by atomic mass is 10.2. The molecule has 0 unspecified atom stereocenters. The largest absolute Gasteiger partial charge is 0.491 e. The SMILES string of the molecule is COC(=O)c1nc2n(c1CCl)CCOc1ccc(Br)cc1-2. The molecule has 0 saturated heterocycles. The molecule has 0 aliphatic carbocycles. The molecule has 2 aromatic rings. The Hall–Kier alpha value is -1.53. The fraction of sp³-hybridized carbons (Fsp3) is 0.286. The molecule has 0 N–H and O–H groups in total. The molecule has 1 aliphatic rings. The van der Waals surface area contributed by atoms with Gasteiger partial charge in [0.15, 0.2) is 5.69 Å². The summed E-state index contributed by atoms with van der Waals surface area (Å²) in [5.74, 6) is 1.10. The second-order valence-corrected chi connectivity index (χ2v) is 5.68. The average Bonchev–Trinajstić information content (AvgIpc) is 2.77. The molecule has 21 heavy (non-hydrogen) atoms. The van der Waals surface area contributed by atoms with E-state index in [0.29, 0.717) is 24.7 Å². The van der Waals surface area contributed by atoms with Crippen LogP contribution in [0, 0.1) is 0 Å². The zero-order valence-corrected chi connectivity index (χ0v) is 13.6. The van der Waals surface area contributed by atoms with E-state index in [9.17, 15) is 4.79 Å². The Bertz CT molecular complexity index is 714. The molecule has 0 amide bonds. The highest BCUT2D eigenvalue weighted by Crippen LogP contribution is 2.35. The molecule has 2 heterocycles. The number of halogens is 2. The molecule has 1 aromatic heterocycles. The predicted molar refractivity (Wildman–Crippen MR) is 81.8 cm³/mol. The van der Waals surface area contributed by atoms with Gasteiger partial charge in [0.05, 0.1) is 30.8 Å². The quantitative estimate of drug-likeness (QED) is 0.601. The molecule has 3 rings (SSSR count). The Labute approximate surface area is 135 Å². The molecule has 0 saturated carbocycles. The fourth-order valence-corrected chi connectivity index (χ4v) is 3.01. The number of ether oxygens (including phenoxy) is 2. The molecule has 1 aliphatic heterocycles. The summed E-state index contributed by atoms with van der Waals surface area (Å²) in [7, 11) is 1.33. The van der Waals surface area contributed by atoms with Crippen molar-refractivity contribution in [1.82, 2.24) is 9.55 Å². The summed E-state index contributed by atoms with van der Waals surface area (Å²) in [4.78, 5) is 16.3. The van der Waals surface area contributed by atoms with E-state index in [1.165, 1.54) is 7.11 Å². The molecule has 7 heteroatoms. The number of methoxy groups -OCH3 is 1. The van der Waals surface area contributed by atoms with Crippen LogP contribution in [0.2, 0.25) is 0 Å². The third-order valence-corrected chi connectivity index (χ3v) is 4.08. The lowest BCUT2D eigenvalue weighted by Gasteiger charge is -2.06. The van der Waals surface area contributed by atoms with E-state index in [-0.39, 0.29) is 11.6 Å². The Morgan fingerprint density at radius 3 is 3.10 bits per heavy atom. The van der Waals surface area contributed by atoms with Crippen LogP contribution in [0.1, 0.15) is 16.2 Å². The summed E-state index contributed by atoms with van der Waals surface area (Å²) in [6.45, 7) is 1.07. The van der Waals surface area contributed by atoms with Crippen molar-refractivity contribution in [2.24, 2.45) is 0 Å². The Morgan fingerprint density at radius 1 is 1.57 bits per heavy atom. The fourth-order valence-electron chi connectivity index (χ4n) is 2.38. The lowest BCUT2D eigenvalue weighted by Crippen LogP contribution is -2.11. The minimum absolute atomic E-state index is 0.181. The van der Waals surface area contributed by atoms with Crippen LogP contribution in [0.15, 0.2) is 22.7 Å². The summed E-state index contributed by atoms with van der Waals surface area (Å²) in [5.41, 5.74) is 1.73. The first-order chi connectivity index (χ1) is 10.2. The lowest BCUT2D eigenvalue weighted by molar-refractivity contribution is 0.0593. The van der Waals surface area contributed by atoms with Crippen molar-refractivity contribution in [1.29, 1.82) is 0 Å². The first-order valence-electron chi connectivity index (χ1n) is 6.32. The van der Waals surface area contributed by atoms with Crippen molar-refractivity contribution < 1.29 is 14.3 Å². The van der Waals surface area contributed by atoms with Gasteiger partial charge in [-0.05, 0) is 18.2 Å². The number of alkyl halides is 1. The van der Waals surface area contributed by atoms with Gasteiger partial charge in [-0.25, -0.2) is 9.78 Å².